The number of nitrogen functional groups attached to an aromatic ring is 1. The summed E-state index contributed by atoms with van der Waals surface area (Å²) in [5.74, 6) is -2.72. The Morgan fingerprint density at radius 1 is 1.03 bits per heavy atom. The molecule has 4 rings (SSSR count). The highest BCUT2D eigenvalue weighted by Crippen LogP contribution is 2.38. The van der Waals surface area contributed by atoms with Crippen molar-refractivity contribution in [1.29, 1.82) is 0 Å². The summed E-state index contributed by atoms with van der Waals surface area (Å²) in [5, 5.41) is 3.98. The molecule has 4 N–H and O–H groups in total. The second kappa shape index (κ2) is 9.18. The van der Waals surface area contributed by atoms with E-state index in [-0.39, 0.29) is 39.3 Å². The zero-order valence-corrected chi connectivity index (χ0v) is 19.4. The summed E-state index contributed by atoms with van der Waals surface area (Å²) >= 11 is 3.07. The highest BCUT2D eigenvalue weighted by atomic mass is 79.9. The molecule has 2 aromatic carbocycles. The fraction of sp³-hybridized carbons (Fsp3) is 0.0909. The minimum absolute atomic E-state index is 0.0112. The van der Waals surface area contributed by atoms with Crippen LogP contribution in [0.3, 0.4) is 0 Å². The molecule has 2 heterocycles. The van der Waals surface area contributed by atoms with Crippen molar-refractivity contribution in [3.05, 3.63) is 71.7 Å². The number of fused-ring (bicyclic) bond motifs is 1. The van der Waals surface area contributed by atoms with Crippen LogP contribution >= 0.6 is 15.9 Å². The number of benzene rings is 2. The average molecular weight is 569 g/mol. The monoisotopic (exact) mass is 568 g/mol. The fourth-order valence-electron chi connectivity index (χ4n) is 3.64. The first kappa shape index (κ1) is 25.0. The van der Waals surface area contributed by atoms with Gasteiger partial charge in [-0.05, 0) is 42.0 Å². The van der Waals surface area contributed by atoms with Crippen LogP contribution < -0.4 is 16.4 Å². The lowest BCUT2D eigenvalue weighted by atomic mass is 10.0. The minimum atomic E-state index is -4.85. The molecule has 8 nitrogen and oxygen atoms in total. The highest BCUT2D eigenvalue weighted by Gasteiger charge is 2.33. The topological polar surface area (TPSA) is 120 Å². The van der Waals surface area contributed by atoms with Gasteiger partial charge in [0.25, 0.3) is 0 Å². The molecular weight excluding hydrogens is 555 g/mol. The molecule has 0 radical (unpaired) electrons. The molecule has 0 unspecified atom stereocenters. The number of nitrogens with zero attached hydrogens (tertiary/aromatic N) is 4. The van der Waals surface area contributed by atoms with E-state index in [1.54, 1.807) is 0 Å². The van der Waals surface area contributed by atoms with E-state index in [2.05, 4.69) is 26.0 Å². The molecule has 0 saturated heterocycles. The summed E-state index contributed by atoms with van der Waals surface area (Å²) in [6.07, 6.45) is -3.72. The van der Waals surface area contributed by atoms with E-state index < -0.39 is 40.8 Å². The van der Waals surface area contributed by atoms with Gasteiger partial charge in [0.15, 0.2) is 11.6 Å². The zero-order valence-electron chi connectivity index (χ0n) is 17.9. The normalized spacial score (nSPS) is 11.6. The van der Waals surface area contributed by atoms with Crippen molar-refractivity contribution in [2.45, 2.75) is 6.18 Å². The number of halogens is 6. The van der Waals surface area contributed by atoms with Gasteiger partial charge in [0, 0.05) is 5.56 Å². The largest absolute Gasteiger partial charge is 0.416 e. The number of nitrogens with two attached hydrogens (primary N) is 2. The summed E-state index contributed by atoms with van der Waals surface area (Å²) in [7, 11) is 0. The van der Waals surface area contributed by atoms with Crippen molar-refractivity contribution in [1.82, 2.24) is 14.6 Å². The summed E-state index contributed by atoms with van der Waals surface area (Å²) in [4.78, 5) is 28.6. The third-order valence-electron chi connectivity index (χ3n) is 5.22. The molecule has 0 aliphatic rings. The second-order valence-electron chi connectivity index (χ2n) is 7.41. The Morgan fingerprint density at radius 3 is 2.36 bits per heavy atom. The molecule has 186 valence electrons. The molecule has 0 aliphatic heterocycles. The minimum Gasteiger partial charge on any atom is -0.382 e. The SMILES string of the molecule is NC(=O)N(c1ccc(-c2cc(C(=O)CBr)n3ncnc(N)c23)cc1F)c1cc(C(F)(F)F)ccc1F. The number of hydrogen-bond acceptors (Lipinski definition) is 5. The molecule has 2 aromatic heterocycles. The fourth-order valence-corrected chi connectivity index (χ4v) is 3.93. The first-order valence-corrected chi connectivity index (χ1v) is 11.0. The van der Waals surface area contributed by atoms with Crippen molar-refractivity contribution < 1.29 is 31.5 Å². The predicted molar refractivity (Wildman–Crippen MR) is 124 cm³/mol. The van der Waals surface area contributed by atoms with Crippen LogP contribution in [-0.2, 0) is 6.18 Å². The maximum atomic E-state index is 15.3. The Kier molecular flexibility index (Phi) is 6.39. The number of anilines is 3. The number of carbonyl (C=O) groups is 2. The van der Waals surface area contributed by atoms with Gasteiger partial charge in [-0.1, -0.05) is 22.0 Å². The van der Waals surface area contributed by atoms with Crippen LogP contribution in [0.1, 0.15) is 16.1 Å². The third kappa shape index (κ3) is 4.34. The van der Waals surface area contributed by atoms with Gasteiger partial charge in [-0.3, -0.25) is 9.69 Å². The molecule has 0 saturated carbocycles. The summed E-state index contributed by atoms with van der Waals surface area (Å²) in [6, 6.07) is 4.58. The standard InChI is InChI=1S/C22H14BrF5N6O2/c23-8-18(35)17-7-12(19-20(29)31-9-32-34(17)19)10-1-4-15(14(25)5-10)33(21(30)36)16-6-11(22(26,27)28)2-3-13(16)24/h1-7,9H,8H2,(H2,30,36)(H2,29,31,32). The van der Waals surface area contributed by atoms with Crippen LogP contribution in [-0.4, -0.2) is 31.7 Å². The van der Waals surface area contributed by atoms with E-state index in [9.17, 15) is 27.2 Å². The van der Waals surface area contributed by atoms with Crippen molar-refractivity contribution in [2.75, 3.05) is 16.0 Å². The number of Topliss-reactive ketones (excluding diaryl/α,β-unsaturated/α-hetero) is 1. The van der Waals surface area contributed by atoms with E-state index in [4.69, 9.17) is 11.5 Å². The molecule has 0 aliphatic carbocycles. The Balaban J connectivity index is 1.87. The number of hydrogen-bond donors (Lipinski definition) is 2. The lowest BCUT2D eigenvalue weighted by Crippen LogP contribution is -2.33. The van der Waals surface area contributed by atoms with Crippen molar-refractivity contribution >= 4 is 50.5 Å². The van der Waals surface area contributed by atoms with Gasteiger partial charge < -0.3 is 11.5 Å². The first-order chi connectivity index (χ1) is 16.9. The molecular formula is C22H14BrF5N6O2. The van der Waals surface area contributed by atoms with Crippen molar-refractivity contribution in [3.63, 3.8) is 0 Å². The maximum Gasteiger partial charge on any atom is 0.416 e. The summed E-state index contributed by atoms with van der Waals surface area (Å²) in [5.41, 5.74) is 9.24. The molecule has 36 heavy (non-hydrogen) atoms. The predicted octanol–water partition coefficient (Wildman–Crippen LogP) is 5.07. The number of alkyl halides is 4. The Hall–Kier alpha value is -4.07. The van der Waals surface area contributed by atoms with E-state index in [0.29, 0.717) is 23.1 Å². The smallest absolute Gasteiger partial charge is 0.382 e. The molecule has 0 fully saturated rings. The van der Waals surface area contributed by atoms with Gasteiger partial charge in [-0.25, -0.2) is 23.1 Å². The van der Waals surface area contributed by atoms with Gasteiger partial charge in [0.1, 0.15) is 29.2 Å². The van der Waals surface area contributed by atoms with E-state index in [1.165, 1.54) is 16.6 Å². The number of primary amides is 1. The van der Waals surface area contributed by atoms with Gasteiger partial charge in [0.2, 0.25) is 0 Å². The van der Waals surface area contributed by atoms with Crippen LogP contribution in [0.15, 0.2) is 48.8 Å². The quantitative estimate of drug-likeness (QED) is 0.198. The van der Waals surface area contributed by atoms with Gasteiger partial charge in [0.05, 0.1) is 22.3 Å². The molecule has 0 bridgehead atoms. The second-order valence-corrected chi connectivity index (χ2v) is 7.97. The Morgan fingerprint density at radius 2 is 1.75 bits per heavy atom. The van der Waals surface area contributed by atoms with E-state index in [0.717, 1.165) is 18.5 Å². The third-order valence-corrected chi connectivity index (χ3v) is 5.73. The van der Waals surface area contributed by atoms with Gasteiger partial charge >= 0.3 is 12.2 Å². The molecule has 4 aromatic rings. The molecule has 2 amide bonds. The number of ketones is 1. The number of rotatable bonds is 5. The van der Waals surface area contributed by atoms with Crippen LogP contribution in [0.4, 0.5) is 43.9 Å². The molecule has 14 heteroatoms. The first-order valence-electron chi connectivity index (χ1n) is 9.91. The molecule has 0 atom stereocenters. The van der Waals surface area contributed by atoms with Crippen molar-refractivity contribution in [2.24, 2.45) is 5.73 Å². The number of urea groups is 1. The van der Waals surface area contributed by atoms with Crippen molar-refractivity contribution in [3.8, 4) is 11.1 Å². The average Bonchev–Trinajstić information content (AvgIpc) is 3.21. The maximum absolute atomic E-state index is 15.3. The van der Waals surface area contributed by atoms with Crippen LogP contribution in [0, 0.1) is 11.6 Å². The van der Waals surface area contributed by atoms with Crippen LogP contribution in [0.2, 0.25) is 0 Å². The van der Waals surface area contributed by atoms with Crippen LogP contribution in [0.5, 0.6) is 0 Å². The highest BCUT2D eigenvalue weighted by molar-refractivity contribution is 9.09. The summed E-state index contributed by atoms with van der Waals surface area (Å²) in [6.45, 7) is 0. The lowest BCUT2D eigenvalue weighted by Gasteiger charge is -2.23. The number of amides is 2. The van der Waals surface area contributed by atoms with E-state index in [1.807, 2.05) is 0 Å². The molecule has 0 spiro atoms. The number of aromatic nitrogens is 3. The van der Waals surface area contributed by atoms with Crippen LogP contribution in [0.25, 0.3) is 16.6 Å². The van der Waals surface area contributed by atoms with Gasteiger partial charge in [-0.2, -0.15) is 18.3 Å². The summed E-state index contributed by atoms with van der Waals surface area (Å²) < 4.78 is 70.4. The Labute approximate surface area is 207 Å². The lowest BCUT2D eigenvalue weighted by molar-refractivity contribution is -0.137. The van der Waals surface area contributed by atoms with Gasteiger partial charge in [-0.15, -0.1) is 0 Å². The zero-order chi connectivity index (χ0) is 26.4. The number of carbonyl (C=O) groups excluding carboxylic acids is 2. The Bertz CT molecular complexity index is 1520. The van der Waals surface area contributed by atoms with E-state index >= 15 is 4.39 Å².